The van der Waals surface area contributed by atoms with Crippen LogP contribution in [0.2, 0.25) is 0 Å². The third kappa shape index (κ3) is 3.58. The number of rotatable bonds is 0. The number of benzene rings is 1. The van der Waals surface area contributed by atoms with Crippen LogP contribution in [0.1, 0.15) is 58.7 Å². The zero-order valence-corrected chi connectivity index (χ0v) is 14.1. The van der Waals surface area contributed by atoms with Crippen LogP contribution in [0.25, 0.3) is 0 Å². The molecule has 0 saturated heterocycles. The second-order valence-electron chi connectivity index (χ2n) is 7.89. The van der Waals surface area contributed by atoms with Crippen LogP contribution in [-0.2, 0) is 11.2 Å². The molecule has 0 radical (unpaired) electrons. The van der Waals surface area contributed by atoms with Crippen LogP contribution >= 0.6 is 0 Å². The Bertz CT molecular complexity index is 523. The number of fused-ring (bicyclic) bond motifs is 1. The summed E-state index contributed by atoms with van der Waals surface area (Å²) in [6.07, 6.45) is 0.680. The third-order valence-electron chi connectivity index (χ3n) is 3.73. The van der Waals surface area contributed by atoms with Gasteiger partial charge >= 0.3 is 6.09 Å². The molecular formula is C18H27NO2. The first-order chi connectivity index (χ1) is 9.59. The maximum Gasteiger partial charge on any atom is 0.410 e. The maximum absolute atomic E-state index is 12.6. The summed E-state index contributed by atoms with van der Waals surface area (Å²) in [5, 5.41) is 0. The zero-order valence-electron chi connectivity index (χ0n) is 14.1. The summed E-state index contributed by atoms with van der Waals surface area (Å²) in [5.74, 6) is 0. The van der Waals surface area contributed by atoms with Crippen molar-refractivity contribution < 1.29 is 9.53 Å². The first-order valence-electron chi connectivity index (χ1n) is 7.67. The van der Waals surface area contributed by atoms with E-state index in [1.54, 1.807) is 0 Å². The quantitative estimate of drug-likeness (QED) is 0.700. The summed E-state index contributed by atoms with van der Waals surface area (Å²) in [6, 6.07) is 8.48. The minimum atomic E-state index is -0.462. The van der Waals surface area contributed by atoms with E-state index in [0.717, 1.165) is 6.42 Å². The fraction of sp³-hybridized carbons (Fsp3) is 0.611. The van der Waals surface area contributed by atoms with Crippen LogP contribution in [0.5, 0.6) is 0 Å². The van der Waals surface area contributed by atoms with Gasteiger partial charge in [-0.15, -0.1) is 0 Å². The Morgan fingerprint density at radius 2 is 1.76 bits per heavy atom. The van der Waals surface area contributed by atoms with Gasteiger partial charge in [0.2, 0.25) is 0 Å². The number of carbonyl (C=O) groups excluding carboxylic acids is 1. The Morgan fingerprint density at radius 3 is 2.33 bits per heavy atom. The van der Waals surface area contributed by atoms with Gasteiger partial charge in [0.1, 0.15) is 5.60 Å². The van der Waals surface area contributed by atoms with Crippen LogP contribution in [0.3, 0.4) is 0 Å². The van der Waals surface area contributed by atoms with Gasteiger partial charge in [0.05, 0.1) is 6.04 Å². The predicted molar refractivity (Wildman–Crippen MR) is 85.3 cm³/mol. The normalized spacial score (nSPS) is 19.1. The van der Waals surface area contributed by atoms with Gasteiger partial charge in [-0.3, -0.25) is 0 Å². The highest BCUT2D eigenvalue weighted by Gasteiger charge is 2.39. The first-order valence-corrected chi connectivity index (χ1v) is 7.67. The number of ether oxygens (including phenoxy) is 1. The smallest absolute Gasteiger partial charge is 0.410 e. The average Bonchev–Trinajstić information content (AvgIpc) is 2.34. The molecule has 1 aliphatic rings. The van der Waals surface area contributed by atoms with Crippen molar-refractivity contribution in [1.29, 1.82) is 0 Å². The molecule has 3 nitrogen and oxygen atoms in total. The molecule has 0 aromatic heterocycles. The fourth-order valence-corrected chi connectivity index (χ4v) is 3.02. The maximum atomic E-state index is 12.6. The molecule has 0 aliphatic carbocycles. The summed E-state index contributed by atoms with van der Waals surface area (Å²) in [4.78, 5) is 14.5. The van der Waals surface area contributed by atoms with Crippen molar-refractivity contribution in [3.8, 4) is 0 Å². The van der Waals surface area contributed by atoms with Crippen LogP contribution in [0, 0.1) is 5.41 Å². The van der Waals surface area contributed by atoms with E-state index in [1.165, 1.54) is 11.1 Å². The number of amides is 1. The van der Waals surface area contributed by atoms with Gasteiger partial charge in [0, 0.05) is 6.54 Å². The predicted octanol–water partition coefficient (Wildman–Crippen LogP) is 4.57. The molecule has 1 aromatic rings. The minimum absolute atomic E-state index is 0.0343. The Balaban J connectivity index is 2.37. The molecule has 116 valence electrons. The van der Waals surface area contributed by atoms with E-state index >= 15 is 0 Å². The van der Waals surface area contributed by atoms with Crippen LogP contribution in [-0.4, -0.2) is 23.1 Å². The van der Waals surface area contributed by atoms with Gasteiger partial charge in [-0.1, -0.05) is 45.0 Å². The molecule has 1 aromatic carbocycles. The fourth-order valence-electron chi connectivity index (χ4n) is 3.02. The summed E-state index contributed by atoms with van der Waals surface area (Å²) in [6.45, 7) is 13.0. The Hall–Kier alpha value is -1.51. The summed E-state index contributed by atoms with van der Waals surface area (Å²) in [7, 11) is 0. The van der Waals surface area contributed by atoms with Gasteiger partial charge in [-0.05, 0) is 43.7 Å². The average molecular weight is 289 g/mol. The lowest BCUT2D eigenvalue weighted by atomic mass is 9.77. The SMILES string of the molecule is CC(C)(C)OC(=O)N1CCc2ccccc2C1C(C)(C)C. The standard InChI is InChI=1S/C18H27NO2/c1-17(2,3)15-14-10-8-7-9-13(14)11-12-19(15)16(20)21-18(4,5)6/h7-10,15H,11-12H2,1-6H3. The molecule has 1 amide bonds. The third-order valence-corrected chi connectivity index (χ3v) is 3.73. The van der Waals surface area contributed by atoms with Gasteiger partial charge in [-0.25, -0.2) is 4.79 Å². The van der Waals surface area contributed by atoms with E-state index in [2.05, 4.69) is 45.0 Å². The number of hydrogen-bond acceptors (Lipinski definition) is 2. The molecule has 21 heavy (non-hydrogen) atoms. The topological polar surface area (TPSA) is 29.5 Å². The van der Waals surface area contributed by atoms with Crippen LogP contribution in [0.4, 0.5) is 4.79 Å². The molecule has 0 bridgehead atoms. The van der Waals surface area contributed by atoms with E-state index in [4.69, 9.17) is 4.74 Å². The summed E-state index contributed by atoms with van der Waals surface area (Å²) in [5.41, 5.74) is 2.10. The number of nitrogens with zero attached hydrogens (tertiary/aromatic N) is 1. The molecule has 0 N–H and O–H groups in total. The lowest BCUT2D eigenvalue weighted by Gasteiger charge is -2.44. The number of carbonyl (C=O) groups is 1. The minimum Gasteiger partial charge on any atom is -0.444 e. The number of hydrogen-bond donors (Lipinski definition) is 0. The highest BCUT2D eigenvalue weighted by atomic mass is 16.6. The Labute approximate surface area is 128 Å². The molecule has 0 saturated carbocycles. The van der Waals surface area contributed by atoms with Crippen molar-refractivity contribution in [2.24, 2.45) is 5.41 Å². The molecule has 3 heteroatoms. The molecule has 1 atom stereocenters. The molecule has 0 fully saturated rings. The lowest BCUT2D eigenvalue weighted by molar-refractivity contribution is -0.000966. The van der Waals surface area contributed by atoms with Crippen molar-refractivity contribution in [2.75, 3.05) is 6.54 Å². The molecular weight excluding hydrogens is 262 g/mol. The summed E-state index contributed by atoms with van der Waals surface area (Å²) >= 11 is 0. The zero-order chi connectivity index (χ0) is 15.8. The second-order valence-corrected chi connectivity index (χ2v) is 7.89. The largest absolute Gasteiger partial charge is 0.444 e. The molecule has 0 spiro atoms. The van der Waals surface area contributed by atoms with E-state index < -0.39 is 5.60 Å². The second kappa shape index (κ2) is 5.36. The summed E-state index contributed by atoms with van der Waals surface area (Å²) < 4.78 is 5.60. The van der Waals surface area contributed by atoms with Gasteiger partial charge in [-0.2, -0.15) is 0 Å². The van der Waals surface area contributed by atoms with Crippen LogP contribution in [0.15, 0.2) is 24.3 Å². The monoisotopic (exact) mass is 289 g/mol. The molecule has 2 rings (SSSR count). The van der Waals surface area contributed by atoms with Gasteiger partial charge in [0.25, 0.3) is 0 Å². The van der Waals surface area contributed by atoms with E-state index in [9.17, 15) is 4.79 Å². The van der Waals surface area contributed by atoms with Gasteiger partial charge in [0.15, 0.2) is 0 Å². The van der Waals surface area contributed by atoms with Crippen LogP contribution < -0.4 is 0 Å². The Kier molecular flexibility index (Phi) is 4.05. The van der Waals surface area contributed by atoms with E-state index in [-0.39, 0.29) is 17.6 Å². The highest BCUT2D eigenvalue weighted by Crippen LogP contribution is 2.42. The lowest BCUT2D eigenvalue weighted by Crippen LogP contribution is -2.47. The molecule has 1 heterocycles. The van der Waals surface area contributed by atoms with Crippen molar-refractivity contribution in [3.05, 3.63) is 35.4 Å². The Morgan fingerprint density at radius 1 is 1.14 bits per heavy atom. The van der Waals surface area contributed by atoms with Gasteiger partial charge < -0.3 is 9.64 Å². The van der Waals surface area contributed by atoms with Crippen molar-refractivity contribution >= 4 is 6.09 Å². The highest BCUT2D eigenvalue weighted by molar-refractivity contribution is 5.69. The molecule has 1 aliphatic heterocycles. The van der Waals surface area contributed by atoms with E-state index in [1.807, 2.05) is 25.7 Å². The van der Waals surface area contributed by atoms with Crippen molar-refractivity contribution in [1.82, 2.24) is 4.90 Å². The first kappa shape index (κ1) is 15.9. The van der Waals surface area contributed by atoms with Crippen molar-refractivity contribution in [3.63, 3.8) is 0 Å². The van der Waals surface area contributed by atoms with E-state index in [0.29, 0.717) is 6.54 Å². The molecule has 1 unspecified atom stereocenters. The van der Waals surface area contributed by atoms with Crippen molar-refractivity contribution in [2.45, 2.75) is 59.6 Å².